The van der Waals surface area contributed by atoms with Gasteiger partial charge in [0, 0.05) is 12.6 Å². The third-order valence-electron chi connectivity index (χ3n) is 2.79. The van der Waals surface area contributed by atoms with Crippen molar-refractivity contribution >= 4 is 16.2 Å². The number of rotatable bonds is 5. The summed E-state index contributed by atoms with van der Waals surface area (Å²) >= 11 is 0. The summed E-state index contributed by atoms with van der Waals surface area (Å²) in [6.45, 7) is 0.652. The Morgan fingerprint density at radius 1 is 1.47 bits per heavy atom. The number of nitrogens with zero attached hydrogens (tertiary/aromatic N) is 1. The first-order valence-electron chi connectivity index (χ1n) is 5.57. The van der Waals surface area contributed by atoms with Crippen molar-refractivity contribution in [3.05, 3.63) is 0 Å². The summed E-state index contributed by atoms with van der Waals surface area (Å²) < 4.78 is 32.9. The van der Waals surface area contributed by atoms with Crippen molar-refractivity contribution in [1.82, 2.24) is 9.03 Å². The molecule has 0 aromatic carbocycles. The monoisotopic (exact) mass is 264 g/mol. The summed E-state index contributed by atoms with van der Waals surface area (Å²) in [5.41, 5.74) is 0. The van der Waals surface area contributed by atoms with Crippen LogP contribution in [0, 0.1) is 0 Å². The molecule has 1 unspecified atom stereocenters. The van der Waals surface area contributed by atoms with E-state index in [1.54, 1.807) is 0 Å². The fourth-order valence-corrected chi connectivity index (χ4v) is 3.43. The molecular formula is C9H16N2O5S. The second-order valence-electron chi connectivity index (χ2n) is 4.33. The molecule has 17 heavy (non-hydrogen) atoms. The molecule has 0 radical (unpaired) electrons. The second kappa shape index (κ2) is 4.89. The molecule has 8 heteroatoms. The maximum Gasteiger partial charge on any atom is 0.305 e. The van der Waals surface area contributed by atoms with Crippen LogP contribution in [0.15, 0.2) is 0 Å². The van der Waals surface area contributed by atoms with Crippen LogP contribution in [0.4, 0.5) is 0 Å². The van der Waals surface area contributed by atoms with Crippen molar-refractivity contribution in [2.24, 2.45) is 0 Å². The Morgan fingerprint density at radius 3 is 2.76 bits per heavy atom. The lowest BCUT2D eigenvalue weighted by Crippen LogP contribution is -2.53. The summed E-state index contributed by atoms with van der Waals surface area (Å²) in [5, 5.41) is 8.75. The molecule has 1 heterocycles. The minimum atomic E-state index is -3.57. The van der Waals surface area contributed by atoms with Crippen molar-refractivity contribution in [3.63, 3.8) is 0 Å². The Balaban J connectivity index is 2.06. The number of carboxylic acid groups (broad SMARTS) is 1. The van der Waals surface area contributed by atoms with Gasteiger partial charge in [-0.1, -0.05) is 0 Å². The molecule has 0 amide bonds. The minimum Gasteiger partial charge on any atom is -0.481 e. The highest BCUT2D eigenvalue weighted by Gasteiger charge is 2.37. The van der Waals surface area contributed by atoms with Gasteiger partial charge in [0.05, 0.1) is 25.7 Å². The molecule has 1 aliphatic carbocycles. The predicted octanol–water partition coefficient (Wildman–Crippen LogP) is -0.841. The number of nitrogens with one attached hydrogen (secondary N) is 1. The van der Waals surface area contributed by atoms with Crippen LogP contribution in [0.3, 0.4) is 0 Å². The van der Waals surface area contributed by atoms with Crippen LogP contribution in [-0.4, -0.2) is 55.6 Å². The van der Waals surface area contributed by atoms with E-state index < -0.39 is 22.2 Å². The number of morpholine rings is 1. The Labute approximate surface area is 99.9 Å². The highest BCUT2D eigenvalue weighted by molar-refractivity contribution is 7.87. The van der Waals surface area contributed by atoms with Crippen LogP contribution in [-0.2, 0) is 19.7 Å². The van der Waals surface area contributed by atoms with E-state index in [1.807, 2.05) is 0 Å². The van der Waals surface area contributed by atoms with E-state index in [2.05, 4.69) is 4.72 Å². The lowest BCUT2D eigenvalue weighted by molar-refractivity contribution is -0.139. The topological polar surface area (TPSA) is 95.9 Å². The first-order chi connectivity index (χ1) is 7.99. The van der Waals surface area contributed by atoms with Gasteiger partial charge >= 0.3 is 5.97 Å². The number of carbonyl (C=O) groups is 1. The van der Waals surface area contributed by atoms with Crippen molar-refractivity contribution < 1.29 is 23.1 Å². The molecule has 1 saturated carbocycles. The fraction of sp³-hybridized carbons (Fsp3) is 0.889. The fourth-order valence-electron chi connectivity index (χ4n) is 1.80. The van der Waals surface area contributed by atoms with Crippen LogP contribution >= 0.6 is 0 Å². The molecule has 0 aromatic heterocycles. The molecule has 1 aliphatic heterocycles. The molecule has 1 atom stereocenters. The zero-order valence-corrected chi connectivity index (χ0v) is 10.1. The second-order valence-corrected chi connectivity index (χ2v) is 5.99. The Kier molecular flexibility index (Phi) is 3.67. The molecule has 1 saturated heterocycles. The van der Waals surface area contributed by atoms with Gasteiger partial charge in [0.25, 0.3) is 10.2 Å². The lowest BCUT2D eigenvalue weighted by Gasteiger charge is -2.33. The maximum atomic E-state index is 12.0. The first kappa shape index (κ1) is 12.7. The largest absolute Gasteiger partial charge is 0.481 e. The predicted molar refractivity (Wildman–Crippen MR) is 58.6 cm³/mol. The number of hydrogen-bond donors (Lipinski definition) is 2. The van der Waals surface area contributed by atoms with Crippen LogP contribution < -0.4 is 4.72 Å². The molecule has 0 bridgehead atoms. The summed E-state index contributed by atoms with van der Waals surface area (Å²) in [6, 6.07) is -0.592. The summed E-state index contributed by atoms with van der Waals surface area (Å²) in [7, 11) is -3.57. The molecule has 7 nitrogen and oxygen atoms in total. The van der Waals surface area contributed by atoms with E-state index in [0.717, 1.165) is 12.8 Å². The van der Waals surface area contributed by atoms with Crippen LogP contribution in [0.2, 0.25) is 0 Å². The summed E-state index contributed by atoms with van der Waals surface area (Å²) in [6.07, 6.45) is 1.48. The molecule has 2 N–H and O–H groups in total. The standard InChI is InChI=1S/C9H16N2O5S/c12-9(13)5-8-6-16-4-3-11(8)17(14,15)10-7-1-2-7/h7-8,10H,1-6H2,(H,12,13). The van der Waals surface area contributed by atoms with Crippen molar-refractivity contribution in [3.8, 4) is 0 Å². The van der Waals surface area contributed by atoms with Crippen molar-refractivity contribution in [1.29, 1.82) is 0 Å². The zero-order valence-electron chi connectivity index (χ0n) is 9.33. The van der Waals surface area contributed by atoms with Gasteiger partial charge in [-0.25, -0.2) is 0 Å². The van der Waals surface area contributed by atoms with E-state index in [-0.39, 0.29) is 25.6 Å². The van der Waals surface area contributed by atoms with E-state index in [9.17, 15) is 13.2 Å². The smallest absolute Gasteiger partial charge is 0.305 e. The van der Waals surface area contributed by atoms with E-state index in [0.29, 0.717) is 6.61 Å². The van der Waals surface area contributed by atoms with E-state index in [1.165, 1.54) is 4.31 Å². The Morgan fingerprint density at radius 2 is 2.18 bits per heavy atom. The van der Waals surface area contributed by atoms with E-state index in [4.69, 9.17) is 9.84 Å². The van der Waals surface area contributed by atoms with Gasteiger partial charge in [-0.05, 0) is 12.8 Å². The Bertz CT molecular complexity index is 392. The van der Waals surface area contributed by atoms with Gasteiger partial charge in [0.15, 0.2) is 0 Å². The lowest BCUT2D eigenvalue weighted by atomic mass is 10.2. The summed E-state index contributed by atoms with van der Waals surface area (Å²) in [4.78, 5) is 10.7. The summed E-state index contributed by atoms with van der Waals surface area (Å²) in [5.74, 6) is -1.02. The van der Waals surface area contributed by atoms with Crippen LogP contribution in [0.1, 0.15) is 19.3 Å². The van der Waals surface area contributed by atoms with Gasteiger partial charge in [0.1, 0.15) is 0 Å². The molecule has 0 aromatic rings. The van der Waals surface area contributed by atoms with Gasteiger partial charge in [-0.15, -0.1) is 0 Å². The quantitative estimate of drug-likeness (QED) is 0.675. The molecule has 2 fully saturated rings. The maximum absolute atomic E-state index is 12.0. The van der Waals surface area contributed by atoms with Crippen LogP contribution in [0.5, 0.6) is 0 Å². The first-order valence-corrected chi connectivity index (χ1v) is 7.01. The molecule has 2 rings (SSSR count). The van der Waals surface area contributed by atoms with Crippen LogP contribution in [0.25, 0.3) is 0 Å². The van der Waals surface area contributed by atoms with Crippen molar-refractivity contribution in [2.45, 2.75) is 31.3 Å². The SMILES string of the molecule is O=C(O)CC1COCCN1S(=O)(=O)NC1CC1. The third-order valence-corrected chi connectivity index (χ3v) is 4.51. The highest BCUT2D eigenvalue weighted by atomic mass is 32.2. The average molecular weight is 264 g/mol. The molecule has 2 aliphatic rings. The van der Waals surface area contributed by atoms with E-state index >= 15 is 0 Å². The number of ether oxygens (including phenoxy) is 1. The zero-order chi connectivity index (χ0) is 12.5. The van der Waals surface area contributed by atoms with Gasteiger partial charge in [0.2, 0.25) is 0 Å². The van der Waals surface area contributed by atoms with Gasteiger partial charge in [-0.2, -0.15) is 17.4 Å². The highest BCUT2D eigenvalue weighted by Crippen LogP contribution is 2.22. The van der Waals surface area contributed by atoms with Gasteiger partial charge in [-0.3, -0.25) is 4.79 Å². The molecule has 0 spiro atoms. The number of hydrogen-bond acceptors (Lipinski definition) is 4. The van der Waals surface area contributed by atoms with Crippen molar-refractivity contribution in [2.75, 3.05) is 19.8 Å². The Hall–Kier alpha value is -0.700. The number of aliphatic carboxylic acids is 1. The average Bonchev–Trinajstić information content (AvgIpc) is 3.00. The number of carboxylic acids is 1. The minimum absolute atomic E-state index is 0.0216. The normalized spacial score (nSPS) is 26.9. The van der Waals surface area contributed by atoms with Gasteiger partial charge < -0.3 is 9.84 Å². The molecular weight excluding hydrogens is 248 g/mol. The third kappa shape index (κ3) is 3.38. The molecule has 98 valence electrons.